The molecule has 0 fully saturated rings. The van der Waals surface area contributed by atoms with Crippen molar-refractivity contribution in [2.24, 2.45) is 0 Å². The van der Waals surface area contributed by atoms with Crippen molar-refractivity contribution in [1.29, 1.82) is 0 Å². The van der Waals surface area contributed by atoms with E-state index < -0.39 is 12.1 Å². The van der Waals surface area contributed by atoms with E-state index in [1.165, 1.54) is 5.56 Å². The number of aryl methyl sites for hydroxylation is 2. The van der Waals surface area contributed by atoms with E-state index in [-0.39, 0.29) is 6.10 Å². The van der Waals surface area contributed by atoms with Crippen LogP contribution in [-0.2, 0) is 22.5 Å². The van der Waals surface area contributed by atoms with E-state index in [0.717, 1.165) is 57.2 Å². The van der Waals surface area contributed by atoms with Crippen molar-refractivity contribution in [3.8, 4) is 27.3 Å². The molecule has 0 saturated heterocycles. The second-order valence-electron chi connectivity index (χ2n) is 9.37. The van der Waals surface area contributed by atoms with Gasteiger partial charge < -0.3 is 14.6 Å². The highest BCUT2D eigenvalue weighted by molar-refractivity contribution is 7.16. The van der Waals surface area contributed by atoms with E-state index in [1.54, 1.807) is 11.3 Å². The Balaban J connectivity index is 1.64. The molecule has 0 spiro atoms. The van der Waals surface area contributed by atoms with Gasteiger partial charge in [-0.05, 0) is 62.4 Å². The molecule has 36 heavy (non-hydrogen) atoms. The SMILES string of the molecule is Cc1sc(-c2cnn(Cc3ccccc3)c2)c(-c2ccc3c(c2)CCCO3)c1C(OC(C)C)C(=O)O. The summed E-state index contributed by atoms with van der Waals surface area (Å²) in [6.45, 7) is 7.09. The Hall–Kier alpha value is -3.42. The second-order valence-corrected chi connectivity index (χ2v) is 10.6. The summed E-state index contributed by atoms with van der Waals surface area (Å²) >= 11 is 1.59. The Kier molecular flexibility index (Phi) is 6.94. The fourth-order valence-electron chi connectivity index (χ4n) is 4.74. The summed E-state index contributed by atoms with van der Waals surface area (Å²) < 4.78 is 13.7. The number of carbonyl (C=O) groups is 1. The zero-order chi connectivity index (χ0) is 25.2. The first-order valence-corrected chi connectivity index (χ1v) is 13.1. The normalized spacial score (nSPS) is 13.9. The van der Waals surface area contributed by atoms with E-state index in [1.807, 2.05) is 68.2 Å². The van der Waals surface area contributed by atoms with Gasteiger partial charge in [-0.3, -0.25) is 4.68 Å². The molecule has 1 aliphatic rings. The van der Waals surface area contributed by atoms with Crippen LogP contribution in [0.25, 0.3) is 21.6 Å². The Morgan fingerprint density at radius 1 is 1.19 bits per heavy atom. The van der Waals surface area contributed by atoms with Gasteiger partial charge in [0.25, 0.3) is 0 Å². The monoisotopic (exact) mass is 502 g/mol. The lowest BCUT2D eigenvalue weighted by Gasteiger charge is -2.21. The fraction of sp³-hybridized carbons (Fsp3) is 0.310. The maximum absolute atomic E-state index is 12.4. The number of carboxylic acids is 1. The van der Waals surface area contributed by atoms with Crippen LogP contribution in [0.1, 0.15) is 47.9 Å². The summed E-state index contributed by atoms with van der Waals surface area (Å²) in [5.41, 5.74) is 5.87. The number of thiophene rings is 1. The molecule has 2 aromatic heterocycles. The average Bonchev–Trinajstić information content (AvgIpc) is 3.46. The molecule has 3 heterocycles. The molecule has 6 nitrogen and oxygen atoms in total. The number of carboxylic acid groups (broad SMARTS) is 1. The molecule has 4 aromatic rings. The van der Waals surface area contributed by atoms with Gasteiger partial charge in [0, 0.05) is 32.6 Å². The van der Waals surface area contributed by atoms with E-state index in [2.05, 4.69) is 23.3 Å². The number of ether oxygens (including phenoxy) is 2. The molecule has 2 aromatic carbocycles. The van der Waals surface area contributed by atoms with Crippen molar-refractivity contribution in [3.05, 3.63) is 82.5 Å². The van der Waals surface area contributed by atoms with Crippen molar-refractivity contribution < 1.29 is 19.4 Å². The van der Waals surface area contributed by atoms with Gasteiger partial charge in [-0.1, -0.05) is 36.4 Å². The largest absolute Gasteiger partial charge is 0.493 e. The summed E-state index contributed by atoms with van der Waals surface area (Å²) in [6, 6.07) is 16.4. The smallest absolute Gasteiger partial charge is 0.337 e. The lowest BCUT2D eigenvalue weighted by atomic mass is 9.92. The third-order valence-corrected chi connectivity index (χ3v) is 7.48. The average molecular weight is 503 g/mol. The van der Waals surface area contributed by atoms with Gasteiger partial charge in [0.05, 0.1) is 25.5 Å². The van der Waals surface area contributed by atoms with Crippen molar-refractivity contribution in [2.75, 3.05) is 6.61 Å². The number of nitrogens with zero attached hydrogens (tertiary/aromatic N) is 2. The minimum absolute atomic E-state index is 0.229. The van der Waals surface area contributed by atoms with Gasteiger partial charge in [-0.25, -0.2) is 4.79 Å². The Labute approximate surface area is 215 Å². The molecule has 0 aliphatic carbocycles. The maximum atomic E-state index is 12.4. The van der Waals surface area contributed by atoms with Crippen LogP contribution in [0.2, 0.25) is 0 Å². The van der Waals surface area contributed by atoms with Gasteiger partial charge in [-0.2, -0.15) is 5.10 Å². The second kappa shape index (κ2) is 10.3. The number of hydrogen-bond donors (Lipinski definition) is 1. The zero-order valence-electron chi connectivity index (χ0n) is 20.7. The van der Waals surface area contributed by atoms with Gasteiger partial charge >= 0.3 is 5.97 Å². The highest BCUT2D eigenvalue weighted by atomic mass is 32.1. The third-order valence-electron chi connectivity index (χ3n) is 6.31. The van der Waals surface area contributed by atoms with Gasteiger partial charge in [0.1, 0.15) is 5.75 Å². The predicted octanol–water partition coefficient (Wildman–Crippen LogP) is 6.51. The predicted molar refractivity (Wildman–Crippen MR) is 142 cm³/mol. The molecule has 0 saturated carbocycles. The molecule has 0 radical (unpaired) electrons. The van der Waals surface area contributed by atoms with E-state index >= 15 is 0 Å². The van der Waals surface area contributed by atoms with E-state index in [4.69, 9.17) is 9.47 Å². The number of aromatic nitrogens is 2. The number of fused-ring (bicyclic) bond motifs is 1. The highest BCUT2D eigenvalue weighted by Gasteiger charge is 2.32. The lowest BCUT2D eigenvalue weighted by molar-refractivity contribution is -0.153. The molecule has 1 atom stereocenters. The Morgan fingerprint density at radius 3 is 2.75 bits per heavy atom. The standard InChI is InChI=1S/C29H30N2O4S/c1-18(2)35-27(29(32)33)25-19(3)36-28(23-15-30-31(17-23)16-20-8-5-4-6-9-20)26(25)22-11-12-24-21(14-22)10-7-13-34-24/h4-6,8-9,11-12,14-15,17-18,27H,7,10,13,16H2,1-3H3,(H,32,33). The number of aliphatic carboxylic acids is 1. The quantitative estimate of drug-likeness (QED) is 0.297. The zero-order valence-corrected chi connectivity index (χ0v) is 21.5. The van der Waals surface area contributed by atoms with Crippen LogP contribution >= 0.6 is 11.3 Å². The molecular weight excluding hydrogens is 472 g/mol. The van der Waals surface area contributed by atoms with Crippen LogP contribution in [-0.4, -0.2) is 33.6 Å². The molecule has 1 aliphatic heterocycles. The third kappa shape index (κ3) is 4.94. The first-order chi connectivity index (χ1) is 17.4. The summed E-state index contributed by atoms with van der Waals surface area (Å²) in [5.74, 6) is -0.0811. The molecule has 0 amide bonds. The van der Waals surface area contributed by atoms with Crippen molar-refractivity contribution in [1.82, 2.24) is 9.78 Å². The minimum Gasteiger partial charge on any atom is -0.493 e. The summed E-state index contributed by atoms with van der Waals surface area (Å²) in [5, 5.41) is 14.8. The van der Waals surface area contributed by atoms with Crippen molar-refractivity contribution >= 4 is 17.3 Å². The number of benzene rings is 2. The molecule has 7 heteroatoms. The van der Waals surface area contributed by atoms with Crippen LogP contribution in [0.5, 0.6) is 5.75 Å². The maximum Gasteiger partial charge on any atom is 0.337 e. The Bertz CT molecular complexity index is 1370. The topological polar surface area (TPSA) is 73.6 Å². The van der Waals surface area contributed by atoms with Crippen LogP contribution in [0, 0.1) is 6.92 Å². The van der Waals surface area contributed by atoms with Crippen molar-refractivity contribution in [2.45, 2.75) is 52.4 Å². The Morgan fingerprint density at radius 2 is 2.00 bits per heavy atom. The number of hydrogen-bond acceptors (Lipinski definition) is 5. The van der Waals surface area contributed by atoms with Crippen LogP contribution in [0.4, 0.5) is 0 Å². The summed E-state index contributed by atoms with van der Waals surface area (Å²) in [7, 11) is 0. The van der Waals surface area contributed by atoms with Crippen molar-refractivity contribution in [3.63, 3.8) is 0 Å². The molecule has 1 unspecified atom stereocenters. The molecule has 0 bridgehead atoms. The van der Waals surface area contributed by atoms with Crippen LogP contribution < -0.4 is 4.74 Å². The first-order valence-electron chi connectivity index (χ1n) is 12.2. The summed E-state index contributed by atoms with van der Waals surface area (Å²) in [4.78, 5) is 14.3. The first kappa shape index (κ1) is 24.3. The molecule has 186 valence electrons. The molecule has 1 N–H and O–H groups in total. The van der Waals surface area contributed by atoms with Crippen LogP contribution in [0.3, 0.4) is 0 Å². The lowest BCUT2D eigenvalue weighted by Crippen LogP contribution is -2.20. The van der Waals surface area contributed by atoms with Gasteiger partial charge in [-0.15, -0.1) is 11.3 Å². The molecule has 5 rings (SSSR count). The minimum atomic E-state index is -1.06. The fourth-order valence-corrected chi connectivity index (χ4v) is 5.92. The highest BCUT2D eigenvalue weighted by Crippen LogP contribution is 2.47. The van der Waals surface area contributed by atoms with E-state index in [9.17, 15) is 9.90 Å². The van der Waals surface area contributed by atoms with Crippen LogP contribution in [0.15, 0.2) is 60.9 Å². The number of rotatable bonds is 8. The van der Waals surface area contributed by atoms with Gasteiger partial charge in [0.2, 0.25) is 0 Å². The van der Waals surface area contributed by atoms with Gasteiger partial charge in [0.15, 0.2) is 6.10 Å². The summed E-state index contributed by atoms with van der Waals surface area (Å²) in [6.07, 6.45) is 4.52. The van der Waals surface area contributed by atoms with E-state index in [0.29, 0.717) is 12.1 Å². The molecular formula is C29H30N2O4S.